The van der Waals surface area contributed by atoms with Gasteiger partial charge in [-0.15, -0.1) is 11.8 Å². The summed E-state index contributed by atoms with van der Waals surface area (Å²) in [5, 5.41) is 1.56. The van der Waals surface area contributed by atoms with E-state index in [1.807, 2.05) is 23.9 Å². The first-order valence-electron chi connectivity index (χ1n) is 24.0. The van der Waals surface area contributed by atoms with Gasteiger partial charge in [0.15, 0.2) is 8.32 Å². The van der Waals surface area contributed by atoms with Crippen LogP contribution < -0.4 is 0 Å². The number of halogens is 3. The van der Waals surface area contributed by atoms with Gasteiger partial charge < -0.3 is 37.6 Å². The lowest BCUT2D eigenvalue weighted by Gasteiger charge is -2.53. The first-order valence-corrected chi connectivity index (χ1v) is 29.1. The lowest BCUT2D eigenvalue weighted by atomic mass is 9.87. The summed E-state index contributed by atoms with van der Waals surface area (Å²) in [5.41, 5.74) is 2.59. The number of hydrogen-bond acceptors (Lipinski definition) is 9. The van der Waals surface area contributed by atoms with Crippen LogP contribution in [-0.2, 0) is 57.4 Å². The average Bonchev–Trinajstić information content (AvgIpc) is 3.48. The van der Waals surface area contributed by atoms with Crippen LogP contribution in [0.5, 0.6) is 0 Å². The Kier molecular flexibility index (Phi) is 18.4. The van der Waals surface area contributed by atoms with E-state index in [0.29, 0.717) is 48.1 Å². The van der Waals surface area contributed by atoms with E-state index in [1.165, 1.54) is 5.56 Å². The number of fused-ring (bicyclic) bond motifs is 3. The average molecular weight is 993 g/mol. The molecule has 7 rings (SSSR count). The maximum Gasteiger partial charge on any atom is 0.192 e. The molecule has 0 bridgehead atoms. The van der Waals surface area contributed by atoms with Gasteiger partial charge in [0.25, 0.3) is 0 Å². The predicted octanol–water partition coefficient (Wildman–Crippen LogP) is 13.8. The summed E-state index contributed by atoms with van der Waals surface area (Å²) in [6.45, 7) is 18.8. The quantitative estimate of drug-likeness (QED) is 0.0862. The third kappa shape index (κ3) is 13.4. The molecule has 10 atom stereocenters. The van der Waals surface area contributed by atoms with Crippen molar-refractivity contribution in [1.82, 2.24) is 0 Å². The lowest BCUT2D eigenvalue weighted by Crippen LogP contribution is -2.62. The van der Waals surface area contributed by atoms with Gasteiger partial charge in [-0.2, -0.15) is 0 Å². The molecular weight excluding hydrogens is 919 g/mol. The van der Waals surface area contributed by atoms with Gasteiger partial charge in [0.2, 0.25) is 0 Å². The van der Waals surface area contributed by atoms with E-state index in [2.05, 4.69) is 96.2 Å². The minimum absolute atomic E-state index is 0.0325. The van der Waals surface area contributed by atoms with Crippen LogP contribution in [0.1, 0.15) is 116 Å². The highest BCUT2D eigenvalue weighted by atomic mass is 35.5. The molecule has 0 spiro atoms. The minimum atomic E-state index is -2.20. The van der Waals surface area contributed by atoms with Crippen LogP contribution in [0.3, 0.4) is 0 Å². The van der Waals surface area contributed by atoms with Crippen molar-refractivity contribution in [2.24, 2.45) is 0 Å². The summed E-state index contributed by atoms with van der Waals surface area (Å²) in [4.78, 5) is -0.546. The normalized spacial score (nSPS) is 30.7. The third-order valence-electron chi connectivity index (χ3n) is 14.4. The Morgan fingerprint density at radius 1 is 0.754 bits per heavy atom. The highest BCUT2D eigenvalue weighted by molar-refractivity contribution is 8.00. The Balaban J connectivity index is 1.06. The molecule has 8 nitrogen and oxygen atoms in total. The second kappa shape index (κ2) is 23.1. The Hall–Kier alpha value is -1.22. The van der Waals surface area contributed by atoms with Gasteiger partial charge in [-0.3, -0.25) is 0 Å². The molecule has 4 heterocycles. The van der Waals surface area contributed by atoms with Crippen molar-refractivity contribution >= 4 is 54.9 Å². The van der Waals surface area contributed by atoms with Crippen LogP contribution in [-0.4, -0.2) is 86.6 Å². The van der Waals surface area contributed by atoms with Crippen LogP contribution in [0.15, 0.2) is 72.8 Å². The standard InChI is InChI=1S/C52H73Cl3O8SSi/c1-8-64-52-26-24-44-43(23-25-51(5,63-65(6,7)50(2,3)4)47(60-44)22-16-28-57-35-40-41(54)29-38(53)30-42(40)55)61-48(52)32-46-49(62-52)45(58-34-37-19-13-10-14-20-37)31-39(59-46)21-15-27-56-33-36-17-11-9-12-18-36/h9-14,17-20,29-30,39,43-49H,8,15-16,21-28,31-35H2,1-7H3/t39-,43-,44+,45+,46-,47-,48+,49+,51+,52+/m1/s1. The fourth-order valence-electron chi connectivity index (χ4n) is 9.84. The molecule has 0 saturated carbocycles. The maximum atomic E-state index is 7.45. The smallest absolute Gasteiger partial charge is 0.192 e. The fourth-order valence-corrected chi connectivity index (χ4v) is 13.7. The van der Waals surface area contributed by atoms with Crippen molar-refractivity contribution in [3.05, 3.63) is 105 Å². The third-order valence-corrected chi connectivity index (χ3v) is 21.2. The summed E-state index contributed by atoms with van der Waals surface area (Å²) in [6, 6.07) is 24.2. The topological polar surface area (TPSA) is 73.8 Å². The zero-order chi connectivity index (χ0) is 46.2. The van der Waals surface area contributed by atoms with Gasteiger partial charge >= 0.3 is 0 Å². The summed E-state index contributed by atoms with van der Waals surface area (Å²) in [7, 11) is -2.20. The number of rotatable bonds is 19. The molecule has 0 amide bonds. The van der Waals surface area contributed by atoms with Gasteiger partial charge in [-0.05, 0) is 105 Å². The molecule has 0 aliphatic carbocycles. The van der Waals surface area contributed by atoms with E-state index in [1.54, 1.807) is 12.1 Å². The maximum absolute atomic E-state index is 7.45. The first-order chi connectivity index (χ1) is 31.1. The number of thioether (sulfide) groups is 1. The van der Waals surface area contributed by atoms with Crippen LogP contribution in [0.25, 0.3) is 0 Å². The van der Waals surface area contributed by atoms with Crippen LogP contribution in [0.4, 0.5) is 0 Å². The zero-order valence-corrected chi connectivity index (χ0v) is 43.8. The Morgan fingerprint density at radius 2 is 1.37 bits per heavy atom. The van der Waals surface area contributed by atoms with E-state index >= 15 is 0 Å². The van der Waals surface area contributed by atoms with E-state index < -0.39 is 18.9 Å². The second-order valence-electron chi connectivity index (χ2n) is 20.2. The molecule has 4 aliphatic heterocycles. The Labute approximate surface area is 409 Å². The van der Waals surface area contributed by atoms with Crippen LogP contribution >= 0.6 is 46.6 Å². The molecule has 360 valence electrons. The van der Waals surface area contributed by atoms with E-state index in [0.717, 1.165) is 81.1 Å². The Bertz CT molecular complexity index is 1920. The van der Waals surface area contributed by atoms with Crippen molar-refractivity contribution < 1.29 is 37.6 Å². The van der Waals surface area contributed by atoms with Crippen molar-refractivity contribution in [1.29, 1.82) is 0 Å². The van der Waals surface area contributed by atoms with Gasteiger partial charge in [0, 0.05) is 46.7 Å². The molecule has 4 saturated heterocycles. The van der Waals surface area contributed by atoms with E-state index in [4.69, 9.17) is 72.4 Å². The molecule has 65 heavy (non-hydrogen) atoms. The van der Waals surface area contributed by atoms with Crippen molar-refractivity contribution in [3.8, 4) is 0 Å². The van der Waals surface area contributed by atoms with Crippen LogP contribution in [0.2, 0.25) is 33.2 Å². The lowest BCUT2D eigenvalue weighted by molar-refractivity contribution is -0.279. The van der Waals surface area contributed by atoms with Crippen molar-refractivity contribution in [2.45, 2.75) is 196 Å². The summed E-state index contributed by atoms with van der Waals surface area (Å²) >= 11 is 21.0. The molecule has 13 heteroatoms. The van der Waals surface area contributed by atoms with Crippen molar-refractivity contribution in [2.75, 3.05) is 19.0 Å². The van der Waals surface area contributed by atoms with Gasteiger partial charge in [-0.1, -0.05) is 123 Å². The van der Waals surface area contributed by atoms with Gasteiger partial charge in [-0.25, -0.2) is 0 Å². The Morgan fingerprint density at radius 3 is 2.03 bits per heavy atom. The fraction of sp³-hybridized carbons (Fsp3) is 0.654. The monoisotopic (exact) mass is 990 g/mol. The second-order valence-corrected chi connectivity index (χ2v) is 27.8. The molecule has 0 unspecified atom stereocenters. The summed E-state index contributed by atoms with van der Waals surface area (Å²) in [5.74, 6) is 0.906. The molecule has 4 aliphatic rings. The molecule has 0 aromatic heterocycles. The SMILES string of the molecule is CCS[C@@]12CC[C@@H]3O[C@H](CCCOCc4c(Cl)cc(Cl)cc4Cl)[C@@](C)(O[Si](C)(C)C(C)(C)C)CC[C@H]3O[C@H]1C[C@H]1O[C@H](CCCOCc3ccccc3)C[C@H](OCc3ccccc3)[C@@H]1O2. The molecule has 3 aromatic rings. The highest BCUT2D eigenvalue weighted by Crippen LogP contribution is 2.52. The number of ether oxygens (including phenoxy) is 7. The molecule has 3 aromatic carbocycles. The first kappa shape index (κ1) is 51.6. The van der Waals surface area contributed by atoms with Crippen LogP contribution in [0, 0.1) is 0 Å². The molecule has 4 fully saturated rings. The zero-order valence-electron chi connectivity index (χ0n) is 39.7. The van der Waals surface area contributed by atoms with Crippen molar-refractivity contribution in [3.63, 3.8) is 0 Å². The molecule has 0 radical (unpaired) electrons. The minimum Gasteiger partial charge on any atom is -0.409 e. The highest BCUT2D eigenvalue weighted by Gasteiger charge is 2.58. The largest absolute Gasteiger partial charge is 0.409 e. The predicted molar refractivity (Wildman–Crippen MR) is 267 cm³/mol. The molecule has 0 N–H and O–H groups in total. The molecular formula is C52H73Cl3O8SSi. The van der Waals surface area contributed by atoms with Gasteiger partial charge in [0.1, 0.15) is 11.0 Å². The van der Waals surface area contributed by atoms with Gasteiger partial charge in [0.05, 0.1) is 68.1 Å². The number of hydrogen-bond donors (Lipinski definition) is 0. The summed E-state index contributed by atoms with van der Waals surface area (Å²) in [6.07, 6.45) is 7.20. The van der Waals surface area contributed by atoms with E-state index in [9.17, 15) is 0 Å². The summed E-state index contributed by atoms with van der Waals surface area (Å²) < 4.78 is 55.8. The van der Waals surface area contributed by atoms with E-state index in [-0.39, 0.29) is 53.9 Å². The number of benzene rings is 3.